The molecule has 0 saturated heterocycles. The molecule has 0 atom stereocenters. The van der Waals surface area contributed by atoms with Gasteiger partial charge in [-0.05, 0) is 28.1 Å². The predicted molar refractivity (Wildman–Crippen MR) is 69.4 cm³/mol. The summed E-state index contributed by atoms with van der Waals surface area (Å²) in [5.41, 5.74) is 0.397. The first-order chi connectivity index (χ1) is 8.00. The van der Waals surface area contributed by atoms with E-state index in [1.54, 1.807) is 25.1 Å². The highest BCUT2D eigenvalue weighted by Crippen LogP contribution is 2.27. The van der Waals surface area contributed by atoms with Crippen LogP contribution in [0.25, 0.3) is 0 Å². The van der Waals surface area contributed by atoms with Crippen LogP contribution in [0.5, 0.6) is 5.75 Å². The van der Waals surface area contributed by atoms with E-state index in [1.807, 2.05) is 0 Å². The number of ether oxygens (including phenoxy) is 1. The second-order valence-electron chi connectivity index (χ2n) is 3.36. The van der Waals surface area contributed by atoms with Crippen molar-refractivity contribution >= 4 is 32.1 Å². The van der Waals surface area contributed by atoms with Gasteiger partial charge in [-0.1, -0.05) is 13.0 Å². The van der Waals surface area contributed by atoms with Gasteiger partial charge in [0.15, 0.2) is 16.1 Å². The third kappa shape index (κ3) is 4.12. The first-order valence-electron chi connectivity index (χ1n) is 5.07. The van der Waals surface area contributed by atoms with Crippen LogP contribution in [0.15, 0.2) is 22.7 Å². The van der Waals surface area contributed by atoms with Gasteiger partial charge < -0.3 is 4.74 Å². The number of hydrogen-bond acceptors (Lipinski definition) is 4. The van der Waals surface area contributed by atoms with E-state index in [-0.39, 0.29) is 18.1 Å². The standard InChI is InChI=1S/C11H13BrO4S/c1-2-17(14,15)7-6-16-11-9(8-13)4-3-5-10(11)12/h3-5,8H,2,6-7H2,1H3. The highest BCUT2D eigenvalue weighted by molar-refractivity contribution is 9.10. The van der Waals surface area contributed by atoms with Crippen LogP contribution in [0.4, 0.5) is 0 Å². The van der Waals surface area contributed by atoms with Crippen LogP contribution < -0.4 is 4.74 Å². The molecule has 0 bridgehead atoms. The first-order valence-corrected chi connectivity index (χ1v) is 7.68. The zero-order valence-corrected chi connectivity index (χ0v) is 11.8. The van der Waals surface area contributed by atoms with E-state index in [4.69, 9.17) is 4.74 Å². The minimum absolute atomic E-state index is 0.0413. The van der Waals surface area contributed by atoms with E-state index < -0.39 is 9.84 Å². The van der Waals surface area contributed by atoms with Gasteiger partial charge >= 0.3 is 0 Å². The van der Waals surface area contributed by atoms with Gasteiger partial charge in [-0.3, -0.25) is 4.79 Å². The summed E-state index contributed by atoms with van der Waals surface area (Å²) in [5.74, 6) is 0.421. The Hall–Kier alpha value is -0.880. The molecule has 0 aliphatic rings. The molecule has 0 heterocycles. The molecule has 0 N–H and O–H groups in total. The van der Waals surface area contributed by atoms with Gasteiger partial charge in [-0.15, -0.1) is 0 Å². The smallest absolute Gasteiger partial charge is 0.153 e. The summed E-state index contributed by atoms with van der Waals surface area (Å²) in [5, 5.41) is 0. The van der Waals surface area contributed by atoms with Crippen LogP contribution in [-0.2, 0) is 9.84 Å². The Morgan fingerprint density at radius 2 is 2.12 bits per heavy atom. The number of halogens is 1. The number of carbonyl (C=O) groups is 1. The number of benzene rings is 1. The third-order valence-corrected chi connectivity index (χ3v) is 4.50. The lowest BCUT2D eigenvalue weighted by Crippen LogP contribution is -2.16. The van der Waals surface area contributed by atoms with E-state index >= 15 is 0 Å². The Balaban J connectivity index is 2.73. The zero-order chi connectivity index (χ0) is 12.9. The maximum absolute atomic E-state index is 11.3. The Kier molecular flexibility index (Phi) is 5.14. The molecule has 6 heteroatoms. The van der Waals surface area contributed by atoms with Crippen LogP contribution in [-0.4, -0.2) is 32.8 Å². The van der Waals surface area contributed by atoms with Crippen molar-refractivity contribution in [2.24, 2.45) is 0 Å². The molecule has 4 nitrogen and oxygen atoms in total. The van der Waals surface area contributed by atoms with E-state index in [2.05, 4.69) is 15.9 Å². The monoisotopic (exact) mass is 320 g/mol. The van der Waals surface area contributed by atoms with Crippen molar-refractivity contribution in [3.05, 3.63) is 28.2 Å². The van der Waals surface area contributed by atoms with E-state index in [0.717, 1.165) is 0 Å². The molecule has 17 heavy (non-hydrogen) atoms. The van der Waals surface area contributed by atoms with E-state index in [1.165, 1.54) is 0 Å². The normalized spacial score (nSPS) is 11.2. The summed E-state index contributed by atoms with van der Waals surface area (Å²) in [4.78, 5) is 10.8. The molecule has 1 aromatic carbocycles. The van der Waals surface area contributed by atoms with Crippen LogP contribution in [0.2, 0.25) is 0 Å². The molecule has 1 rings (SSSR count). The van der Waals surface area contributed by atoms with Crippen molar-refractivity contribution in [3.8, 4) is 5.75 Å². The molecule has 1 aromatic rings. The van der Waals surface area contributed by atoms with E-state index in [0.29, 0.717) is 22.1 Å². The Labute approximate surface area is 109 Å². The molecule has 0 saturated carbocycles. The largest absolute Gasteiger partial charge is 0.491 e. The number of aldehydes is 1. The zero-order valence-electron chi connectivity index (χ0n) is 9.35. The number of para-hydroxylation sites is 1. The quantitative estimate of drug-likeness (QED) is 0.753. The molecule has 0 spiro atoms. The first kappa shape index (κ1) is 14.2. The number of rotatable bonds is 6. The molecule has 94 valence electrons. The third-order valence-electron chi connectivity index (χ3n) is 2.20. The Morgan fingerprint density at radius 3 is 2.71 bits per heavy atom. The van der Waals surface area contributed by atoms with Gasteiger partial charge in [-0.2, -0.15) is 0 Å². The molecular weight excluding hydrogens is 308 g/mol. The summed E-state index contributed by atoms with van der Waals surface area (Å²) < 4.78 is 28.5. The second kappa shape index (κ2) is 6.16. The topological polar surface area (TPSA) is 60.4 Å². The fourth-order valence-electron chi connectivity index (χ4n) is 1.19. The molecule has 0 radical (unpaired) electrons. The van der Waals surface area contributed by atoms with Crippen LogP contribution in [0.1, 0.15) is 17.3 Å². The van der Waals surface area contributed by atoms with Crippen LogP contribution in [0, 0.1) is 0 Å². The van der Waals surface area contributed by atoms with Crippen molar-refractivity contribution in [1.29, 1.82) is 0 Å². The minimum Gasteiger partial charge on any atom is -0.491 e. The summed E-state index contributed by atoms with van der Waals surface area (Å²) in [6.07, 6.45) is 0.675. The lowest BCUT2D eigenvalue weighted by molar-refractivity contribution is 0.111. The summed E-state index contributed by atoms with van der Waals surface area (Å²) in [6.45, 7) is 1.63. The molecular formula is C11H13BrO4S. The van der Waals surface area contributed by atoms with Crippen LogP contribution >= 0.6 is 15.9 Å². The molecule has 0 aromatic heterocycles. The number of sulfone groups is 1. The second-order valence-corrected chi connectivity index (χ2v) is 6.69. The number of hydrogen-bond donors (Lipinski definition) is 0. The highest BCUT2D eigenvalue weighted by Gasteiger charge is 2.11. The minimum atomic E-state index is -3.05. The molecule has 0 amide bonds. The van der Waals surface area contributed by atoms with Gasteiger partial charge in [0.25, 0.3) is 0 Å². The van der Waals surface area contributed by atoms with Gasteiger partial charge in [0, 0.05) is 5.75 Å². The molecule has 0 unspecified atom stereocenters. The van der Waals surface area contributed by atoms with Crippen molar-refractivity contribution in [2.75, 3.05) is 18.1 Å². The summed E-state index contributed by atoms with van der Waals surface area (Å²) in [7, 11) is -3.05. The summed E-state index contributed by atoms with van der Waals surface area (Å²) in [6, 6.07) is 5.06. The molecule has 0 aliphatic heterocycles. The maximum Gasteiger partial charge on any atom is 0.153 e. The van der Waals surface area contributed by atoms with Gasteiger partial charge in [0.05, 0.1) is 15.8 Å². The number of carbonyl (C=O) groups excluding carboxylic acids is 1. The summed E-state index contributed by atoms with van der Waals surface area (Å²) >= 11 is 3.25. The van der Waals surface area contributed by atoms with Crippen molar-refractivity contribution in [3.63, 3.8) is 0 Å². The maximum atomic E-state index is 11.3. The van der Waals surface area contributed by atoms with Crippen molar-refractivity contribution in [2.45, 2.75) is 6.92 Å². The predicted octanol–water partition coefficient (Wildman–Crippen LogP) is 2.08. The fourth-order valence-corrected chi connectivity index (χ4v) is 2.31. The van der Waals surface area contributed by atoms with Gasteiger partial charge in [-0.25, -0.2) is 8.42 Å². The molecule has 0 aliphatic carbocycles. The Bertz CT molecular complexity index is 496. The lowest BCUT2D eigenvalue weighted by atomic mass is 10.2. The average Bonchev–Trinajstić information content (AvgIpc) is 2.31. The highest BCUT2D eigenvalue weighted by atomic mass is 79.9. The lowest BCUT2D eigenvalue weighted by Gasteiger charge is -2.10. The van der Waals surface area contributed by atoms with Crippen molar-refractivity contribution < 1.29 is 17.9 Å². The Morgan fingerprint density at radius 1 is 1.41 bits per heavy atom. The average molecular weight is 321 g/mol. The molecule has 0 fully saturated rings. The van der Waals surface area contributed by atoms with E-state index in [9.17, 15) is 13.2 Å². The fraction of sp³-hybridized carbons (Fsp3) is 0.364. The van der Waals surface area contributed by atoms with Gasteiger partial charge in [0.1, 0.15) is 12.4 Å². The van der Waals surface area contributed by atoms with Crippen molar-refractivity contribution in [1.82, 2.24) is 0 Å². The van der Waals surface area contributed by atoms with Gasteiger partial charge in [0.2, 0.25) is 0 Å². The van der Waals surface area contributed by atoms with Crippen LogP contribution in [0.3, 0.4) is 0 Å². The SMILES string of the molecule is CCS(=O)(=O)CCOc1c(Br)cccc1C=O.